The lowest BCUT2D eigenvalue weighted by molar-refractivity contribution is 0.0932. The maximum absolute atomic E-state index is 13.2. The molecule has 0 spiro atoms. The van der Waals surface area contributed by atoms with E-state index in [-0.39, 0.29) is 17.9 Å². The molecule has 8 nitrogen and oxygen atoms in total. The SMILES string of the molecule is CN1CCN(c2ccc(C(=O)Nc3n[nH]c4ccc(C(=O)NC(c5cccs5)C5CC5)cc34)cc2)CC1. The van der Waals surface area contributed by atoms with E-state index in [1.165, 1.54) is 4.88 Å². The number of likely N-dealkylation sites (N-methyl/N-ethyl adjacent to an activating group) is 1. The fourth-order valence-corrected chi connectivity index (χ4v) is 5.73. The second-order valence-electron chi connectivity index (χ2n) is 9.93. The summed E-state index contributed by atoms with van der Waals surface area (Å²) in [6.07, 6.45) is 2.27. The van der Waals surface area contributed by atoms with Crippen LogP contribution in [0.5, 0.6) is 0 Å². The summed E-state index contributed by atoms with van der Waals surface area (Å²) in [6.45, 7) is 4.02. The second-order valence-corrected chi connectivity index (χ2v) is 10.9. The fourth-order valence-electron chi connectivity index (χ4n) is 4.86. The molecule has 2 fully saturated rings. The van der Waals surface area contributed by atoms with E-state index in [9.17, 15) is 9.59 Å². The van der Waals surface area contributed by atoms with Crippen molar-refractivity contribution in [3.05, 3.63) is 76.0 Å². The Morgan fingerprint density at radius 1 is 1.00 bits per heavy atom. The Kier molecular flexibility index (Phi) is 6.40. The van der Waals surface area contributed by atoms with E-state index >= 15 is 0 Å². The number of hydrogen-bond acceptors (Lipinski definition) is 6. The van der Waals surface area contributed by atoms with E-state index in [4.69, 9.17) is 0 Å². The molecule has 2 amide bonds. The standard InChI is InChI=1S/C28H30N6O2S/c1-33-12-14-34(15-13-33)21-9-6-19(7-10-21)27(35)30-26-22-17-20(8-11-23(22)31-32-26)28(36)29-25(18-4-5-18)24-3-2-16-37-24/h2-3,6-11,16-18,25H,4-5,12-15H2,1H3,(H,29,36)(H2,30,31,32,35). The number of thiophene rings is 1. The zero-order valence-corrected chi connectivity index (χ0v) is 21.6. The molecular weight excluding hydrogens is 484 g/mol. The Morgan fingerprint density at radius 3 is 2.46 bits per heavy atom. The number of aromatic amines is 1. The van der Waals surface area contributed by atoms with Crippen molar-refractivity contribution in [1.29, 1.82) is 0 Å². The number of piperazine rings is 1. The number of carbonyl (C=O) groups excluding carboxylic acids is 2. The first-order valence-corrected chi connectivity index (χ1v) is 13.6. The largest absolute Gasteiger partial charge is 0.369 e. The second kappa shape index (κ2) is 9.99. The van der Waals surface area contributed by atoms with Crippen LogP contribution in [0, 0.1) is 5.92 Å². The van der Waals surface area contributed by atoms with Crippen LogP contribution in [0.1, 0.15) is 44.5 Å². The molecule has 0 radical (unpaired) electrons. The molecule has 190 valence electrons. The van der Waals surface area contributed by atoms with Gasteiger partial charge in [0.25, 0.3) is 11.8 Å². The summed E-state index contributed by atoms with van der Waals surface area (Å²) < 4.78 is 0. The number of benzene rings is 2. The maximum atomic E-state index is 13.2. The van der Waals surface area contributed by atoms with E-state index in [1.54, 1.807) is 23.5 Å². The molecule has 1 unspecified atom stereocenters. The van der Waals surface area contributed by atoms with Gasteiger partial charge in [0.15, 0.2) is 5.82 Å². The highest BCUT2D eigenvalue weighted by molar-refractivity contribution is 7.10. The molecule has 2 aliphatic rings. The smallest absolute Gasteiger partial charge is 0.256 e. The minimum absolute atomic E-state index is 0.0422. The van der Waals surface area contributed by atoms with Gasteiger partial charge in [-0.1, -0.05) is 6.07 Å². The third kappa shape index (κ3) is 5.10. The summed E-state index contributed by atoms with van der Waals surface area (Å²) in [5.74, 6) is 0.553. The van der Waals surface area contributed by atoms with Crippen molar-refractivity contribution in [2.75, 3.05) is 43.4 Å². The molecule has 4 aromatic rings. The zero-order valence-electron chi connectivity index (χ0n) is 20.7. The molecule has 3 N–H and O–H groups in total. The average Bonchev–Trinajstić information content (AvgIpc) is 3.46. The van der Waals surface area contributed by atoms with Gasteiger partial charge >= 0.3 is 0 Å². The van der Waals surface area contributed by atoms with E-state index in [2.05, 4.69) is 43.7 Å². The summed E-state index contributed by atoms with van der Waals surface area (Å²) in [5, 5.41) is 16.1. The molecule has 2 aromatic carbocycles. The van der Waals surface area contributed by atoms with Crippen molar-refractivity contribution in [3.63, 3.8) is 0 Å². The first-order valence-electron chi connectivity index (χ1n) is 12.7. The molecule has 2 aromatic heterocycles. The van der Waals surface area contributed by atoms with E-state index in [0.29, 0.717) is 28.2 Å². The summed E-state index contributed by atoms with van der Waals surface area (Å²) in [4.78, 5) is 32.0. The molecule has 9 heteroatoms. The fraction of sp³-hybridized carbons (Fsp3) is 0.321. The van der Waals surface area contributed by atoms with Crippen LogP contribution in [0.3, 0.4) is 0 Å². The van der Waals surface area contributed by atoms with E-state index in [1.807, 2.05) is 41.8 Å². The van der Waals surface area contributed by atoms with Crippen LogP contribution in [0.4, 0.5) is 11.5 Å². The molecule has 0 bridgehead atoms. The Balaban J connectivity index is 1.16. The van der Waals surface area contributed by atoms with E-state index in [0.717, 1.165) is 50.2 Å². The summed E-state index contributed by atoms with van der Waals surface area (Å²) in [7, 11) is 2.13. The van der Waals surface area contributed by atoms with Gasteiger partial charge in [-0.3, -0.25) is 14.7 Å². The molecule has 1 saturated carbocycles. The minimum atomic E-state index is -0.236. The lowest BCUT2D eigenvalue weighted by Gasteiger charge is -2.34. The third-order valence-electron chi connectivity index (χ3n) is 7.28. The molecule has 1 atom stereocenters. The number of hydrogen-bond donors (Lipinski definition) is 3. The molecule has 1 aliphatic heterocycles. The van der Waals surface area contributed by atoms with Gasteiger partial charge in [0.1, 0.15) is 0 Å². The number of fused-ring (bicyclic) bond motifs is 1. The summed E-state index contributed by atoms with van der Waals surface area (Å²) in [5.41, 5.74) is 2.99. The average molecular weight is 515 g/mol. The van der Waals surface area contributed by atoms with Crippen LogP contribution in [0.2, 0.25) is 0 Å². The van der Waals surface area contributed by atoms with Crippen LogP contribution in [-0.2, 0) is 0 Å². The number of carbonyl (C=O) groups is 2. The number of nitrogens with zero attached hydrogens (tertiary/aromatic N) is 3. The van der Waals surface area contributed by atoms with Gasteiger partial charge < -0.3 is 20.4 Å². The molecule has 37 heavy (non-hydrogen) atoms. The van der Waals surface area contributed by atoms with Crippen LogP contribution in [0.15, 0.2) is 60.0 Å². The number of anilines is 2. The number of aromatic nitrogens is 2. The molecule has 3 heterocycles. The first-order chi connectivity index (χ1) is 18.0. The maximum Gasteiger partial charge on any atom is 0.256 e. The van der Waals surface area contributed by atoms with Gasteiger partial charge in [0.2, 0.25) is 0 Å². The third-order valence-corrected chi connectivity index (χ3v) is 8.24. The zero-order chi connectivity index (χ0) is 25.4. The Labute approximate surface area is 219 Å². The van der Waals surface area contributed by atoms with Crippen molar-refractivity contribution in [2.24, 2.45) is 5.92 Å². The van der Waals surface area contributed by atoms with E-state index < -0.39 is 0 Å². The predicted octanol–water partition coefficient (Wildman–Crippen LogP) is 4.51. The van der Waals surface area contributed by atoms with Crippen molar-refractivity contribution in [2.45, 2.75) is 18.9 Å². The van der Waals surface area contributed by atoms with Crippen molar-refractivity contribution >= 4 is 45.6 Å². The predicted molar refractivity (Wildman–Crippen MR) is 147 cm³/mol. The molecular formula is C28H30N6O2S. The Morgan fingerprint density at radius 2 is 1.76 bits per heavy atom. The lowest BCUT2D eigenvalue weighted by atomic mass is 10.1. The van der Waals surface area contributed by atoms with Crippen LogP contribution < -0.4 is 15.5 Å². The Bertz CT molecular complexity index is 1400. The Hall–Kier alpha value is -3.69. The van der Waals surface area contributed by atoms with Crippen molar-refractivity contribution < 1.29 is 9.59 Å². The molecule has 1 aliphatic carbocycles. The highest BCUT2D eigenvalue weighted by atomic mass is 32.1. The number of H-pyrrole nitrogens is 1. The van der Waals surface area contributed by atoms with Crippen LogP contribution >= 0.6 is 11.3 Å². The monoisotopic (exact) mass is 514 g/mol. The van der Waals surface area contributed by atoms with Gasteiger partial charge in [0, 0.05) is 53.3 Å². The quantitative estimate of drug-likeness (QED) is 0.338. The van der Waals surface area contributed by atoms with Crippen molar-refractivity contribution in [1.82, 2.24) is 20.4 Å². The number of rotatable bonds is 7. The highest BCUT2D eigenvalue weighted by Gasteiger charge is 2.34. The van der Waals surface area contributed by atoms with Crippen LogP contribution in [0.25, 0.3) is 10.9 Å². The van der Waals surface area contributed by atoms with Crippen LogP contribution in [-0.4, -0.2) is 60.1 Å². The number of nitrogens with one attached hydrogen (secondary N) is 3. The highest BCUT2D eigenvalue weighted by Crippen LogP contribution is 2.42. The van der Waals surface area contributed by atoms with Gasteiger partial charge in [-0.05, 0) is 79.7 Å². The first kappa shape index (κ1) is 23.7. The minimum Gasteiger partial charge on any atom is -0.369 e. The topological polar surface area (TPSA) is 93.4 Å². The van der Waals surface area contributed by atoms with Gasteiger partial charge in [-0.15, -0.1) is 11.3 Å². The van der Waals surface area contributed by atoms with Gasteiger partial charge in [-0.2, -0.15) is 5.10 Å². The summed E-state index contributed by atoms with van der Waals surface area (Å²) in [6, 6.07) is 17.2. The lowest BCUT2D eigenvalue weighted by Crippen LogP contribution is -2.44. The number of amides is 2. The normalized spacial score (nSPS) is 17.1. The molecule has 1 saturated heterocycles. The van der Waals surface area contributed by atoms with Crippen molar-refractivity contribution in [3.8, 4) is 0 Å². The summed E-state index contributed by atoms with van der Waals surface area (Å²) >= 11 is 1.67. The van der Waals surface area contributed by atoms with Gasteiger partial charge in [0.05, 0.1) is 11.6 Å². The van der Waals surface area contributed by atoms with Gasteiger partial charge in [-0.25, -0.2) is 0 Å². The molecule has 6 rings (SSSR count).